The molecule has 0 aliphatic carbocycles. The van der Waals surface area contributed by atoms with Crippen molar-refractivity contribution in [2.45, 2.75) is 26.7 Å². The lowest BCUT2D eigenvalue weighted by Crippen LogP contribution is -2.03. The highest BCUT2D eigenvalue weighted by Crippen LogP contribution is 2.39. The highest BCUT2D eigenvalue weighted by molar-refractivity contribution is 5.98. The number of nitrogens with zero attached hydrogens (tertiary/aromatic N) is 1. The third-order valence-corrected chi connectivity index (χ3v) is 7.22. The molecular formula is C38H36N2. The van der Waals surface area contributed by atoms with Gasteiger partial charge in [0.05, 0.1) is 5.52 Å². The van der Waals surface area contributed by atoms with E-state index in [4.69, 9.17) is 5.73 Å². The molecule has 2 N–H and O–H groups in total. The van der Waals surface area contributed by atoms with Crippen molar-refractivity contribution in [3.05, 3.63) is 151 Å². The fourth-order valence-electron chi connectivity index (χ4n) is 5.36. The van der Waals surface area contributed by atoms with Crippen molar-refractivity contribution in [2.24, 2.45) is 5.73 Å². The highest BCUT2D eigenvalue weighted by atomic mass is 15.0. The minimum atomic E-state index is 0.366. The van der Waals surface area contributed by atoms with Gasteiger partial charge in [0.2, 0.25) is 0 Å². The first-order valence-corrected chi connectivity index (χ1v) is 13.7. The van der Waals surface area contributed by atoms with Gasteiger partial charge < -0.3 is 10.3 Å². The zero-order valence-electron chi connectivity index (χ0n) is 23.6. The van der Waals surface area contributed by atoms with Crippen molar-refractivity contribution in [1.82, 2.24) is 4.57 Å². The number of hydrogen-bond acceptors (Lipinski definition) is 1. The summed E-state index contributed by atoms with van der Waals surface area (Å²) < 4.78 is 2.44. The predicted octanol–water partition coefficient (Wildman–Crippen LogP) is 10.2. The zero-order chi connectivity index (χ0) is 28.2. The van der Waals surface area contributed by atoms with E-state index in [0.717, 1.165) is 11.1 Å². The molecule has 198 valence electrons. The maximum Gasteiger partial charge on any atom is 0.0538 e. The number of hydrogen-bond donors (Lipinski definition) is 1. The predicted molar refractivity (Wildman–Crippen MR) is 175 cm³/mol. The van der Waals surface area contributed by atoms with Crippen molar-refractivity contribution < 1.29 is 0 Å². The number of rotatable bonds is 5. The minimum absolute atomic E-state index is 0.366. The van der Waals surface area contributed by atoms with Gasteiger partial charge in [-0.25, -0.2) is 0 Å². The van der Waals surface area contributed by atoms with E-state index in [2.05, 4.69) is 129 Å². The van der Waals surface area contributed by atoms with Gasteiger partial charge in [0, 0.05) is 28.0 Å². The Morgan fingerprint density at radius 1 is 0.675 bits per heavy atom. The Kier molecular flexibility index (Phi) is 7.70. The summed E-state index contributed by atoms with van der Waals surface area (Å²) in [6.07, 6.45) is 0. The summed E-state index contributed by atoms with van der Waals surface area (Å²) in [6.45, 7) is 14.6. The monoisotopic (exact) mass is 520 g/mol. The quantitative estimate of drug-likeness (QED) is 0.241. The maximum absolute atomic E-state index is 5.42. The highest BCUT2D eigenvalue weighted by Gasteiger charge is 2.21. The summed E-state index contributed by atoms with van der Waals surface area (Å²) in [5, 5.41) is 3.79. The summed E-state index contributed by atoms with van der Waals surface area (Å²) in [5.74, 6) is 0.366. The molecule has 2 heteroatoms. The fourth-order valence-corrected chi connectivity index (χ4v) is 5.36. The second-order valence-corrected chi connectivity index (χ2v) is 10.6. The van der Waals surface area contributed by atoms with Crippen LogP contribution in [-0.2, 0) is 0 Å². The SMILES string of the molecule is C=C(C)c1c(C(C)C)n(-c2ccc3ccccc3c2)c2ccc(-c3ccccc3)cc12.C=C(N)c1ccccc1. The smallest absolute Gasteiger partial charge is 0.0538 e. The molecule has 0 atom stereocenters. The van der Waals surface area contributed by atoms with Crippen LogP contribution in [0.1, 0.15) is 43.5 Å². The molecule has 0 aliphatic rings. The second kappa shape index (κ2) is 11.5. The lowest BCUT2D eigenvalue weighted by atomic mass is 9.96. The summed E-state index contributed by atoms with van der Waals surface area (Å²) in [4.78, 5) is 0. The van der Waals surface area contributed by atoms with E-state index in [0.29, 0.717) is 11.6 Å². The number of benzene rings is 5. The molecule has 0 spiro atoms. The molecule has 6 aromatic rings. The van der Waals surface area contributed by atoms with Gasteiger partial charge in [-0.1, -0.05) is 124 Å². The van der Waals surface area contributed by atoms with Gasteiger partial charge in [-0.05, 0) is 70.1 Å². The van der Waals surface area contributed by atoms with E-state index >= 15 is 0 Å². The minimum Gasteiger partial charge on any atom is -0.399 e. The third kappa shape index (κ3) is 5.34. The Hall–Kier alpha value is -4.82. The number of nitrogens with two attached hydrogens (primary N) is 1. The molecule has 40 heavy (non-hydrogen) atoms. The Morgan fingerprint density at radius 2 is 1.30 bits per heavy atom. The molecule has 2 nitrogen and oxygen atoms in total. The van der Waals surface area contributed by atoms with E-state index in [9.17, 15) is 0 Å². The van der Waals surface area contributed by atoms with Crippen LogP contribution < -0.4 is 5.73 Å². The zero-order valence-corrected chi connectivity index (χ0v) is 23.6. The van der Waals surface area contributed by atoms with Gasteiger partial charge in [0.25, 0.3) is 0 Å². The molecule has 0 saturated carbocycles. The standard InChI is InChI=1S/C30H27N.C8H9N/c1-20(2)29-27-19-25(22-10-6-5-7-11-22)15-17-28(27)31(30(29)21(3)4)26-16-14-23-12-8-9-13-24(23)18-26;1-7(9)8-5-3-2-4-6-8/h5-19,21H,1H2,2-4H3;2-6H,1,9H2. The first-order chi connectivity index (χ1) is 19.3. The summed E-state index contributed by atoms with van der Waals surface area (Å²) in [7, 11) is 0. The van der Waals surface area contributed by atoms with E-state index in [1.165, 1.54) is 49.7 Å². The molecule has 0 unspecified atom stereocenters. The van der Waals surface area contributed by atoms with E-state index in [1.807, 2.05) is 30.3 Å². The average molecular weight is 521 g/mol. The summed E-state index contributed by atoms with van der Waals surface area (Å²) in [5.41, 5.74) is 15.7. The fraction of sp³-hybridized carbons (Fsp3) is 0.105. The Balaban J connectivity index is 0.000000306. The van der Waals surface area contributed by atoms with Gasteiger partial charge in [-0.15, -0.1) is 0 Å². The normalized spacial score (nSPS) is 10.9. The van der Waals surface area contributed by atoms with Gasteiger partial charge in [-0.2, -0.15) is 0 Å². The second-order valence-electron chi connectivity index (χ2n) is 10.6. The van der Waals surface area contributed by atoms with Crippen LogP contribution in [0.25, 0.3) is 49.8 Å². The largest absolute Gasteiger partial charge is 0.399 e. The molecule has 0 radical (unpaired) electrons. The van der Waals surface area contributed by atoms with Crippen LogP contribution in [0.5, 0.6) is 0 Å². The van der Waals surface area contributed by atoms with Crippen LogP contribution >= 0.6 is 0 Å². The van der Waals surface area contributed by atoms with Gasteiger partial charge in [0.15, 0.2) is 0 Å². The van der Waals surface area contributed by atoms with Crippen LogP contribution in [0.3, 0.4) is 0 Å². The van der Waals surface area contributed by atoms with Crippen LogP contribution in [0.4, 0.5) is 0 Å². The van der Waals surface area contributed by atoms with Crippen molar-refractivity contribution in [2.75, 3.05) is 0 Å². The van der Waals surface area contributed by atoms with E-state index in [1.54, 1.807) is 0 Å². The van der Waals surface area contributed by atoms with Crippen LogP contribution in [0.2, 0.25) is 0 Å². The summed E-state index contributed by atoms with van der Waals surface area (Å²) >= 11 is 0. The lowest BCUT2D eigenvalue weighted by Gasteiger charge is -2.16. The average Bonchev–Trinajstić information content (AvgIpc) is 3.33. The van der Waals surface area contributed by atoms with Gasteiger partial charge >= 0.3 is 0 Å². The Labute approximate surface area is 237 Å². The van der Waals surface area contributed by atoms with Crippen LogP contribution in [-0.4, -0.2) is 4.57 Å². The van der Waals surface area contributed by atoms with Crippen molar-refractivity contribution in [3.63, 3.8) is 0 Å². The lowest BCUT2D eigenvalue weighted by molar-refractivity contribution is 0.793. The van der Waals surface area contributed by atoms with Crippen molar-refractivity contribution >= 4 is 32.9 Å². The summed E-state index contributed by atoms with van der Waals surface area (Å²) in [6, 6.07) is 42.4. The first-order valence-electron chi connectivity index (χ1n) is 13.7. The van der Waals surface area contributed by atoms with Crippen LogP contribution in [0, 0.1) is 0 Å². The molecule has 0 amide bonds. The molecule has 0 aliphatic heterocycles. The maximum atomic E-state index is 5.42. The number of aromatic nitrogens is 1. The number of fused-ring (bicyclic) bond motifs is 2. The Morgan fingerprint density at radius 3 is 1.90 bits per heavy atom. The van der Waals surface area contributed by atoms with E-state index in [-0.39, 0.29) is 0 Å². The Bertz CT molecular complexity index is 1810. The first kappa shape index (κ1) is 26.8. The molecule has 1 aromatic heterocycles. The molecule has 5 aromatic carbocycles. The topological polar surface area (TPSA) is 30.9 Å². The van der Waals surface area contributed by atoms with Crippen LogP contribution in [0.15, 0.2) is 134 Å². The van der Waals surface area contributed by atoms with Crippen molar-refractivity contribution in [1.29, 1.82) is 0 Å². The molecule has 6 rings (SSSR count). The molecular weight excluding hydrogens is 484 g/mol. The van der Waals surface area contributed by atoms with Crippen molar-refractivity contribution in [3.8, 4) is 16.8 Å². The van der Waals surface area contributed by atoms with Gasteiger partial charge in [0.1, 0.15) is 0 Å². The molecule has 0 fully saturated rings. The third-order valence-electron chi connectivity index (χ3n) is 7.22. The van der Waals surface area contributed by atoms with Gasteiger partial charge in [-0.3, -0.25) is 0 Å². The molecule has 1 heterocycles. The molecule has 0 bridgehead atoms. The molecule has 0 saturated heterocycles. The van der Waals surface area contributed by atoms with E-state index < -0.39 is 0 Å². The number of allylic oxidation sites excluding steroid dienone is 1.